The molecule has 3 aromatic rings. The van der Waals surface area contributed by atoms with Crippen molar-refractivity contribution < 1.29 is 117 Å². The number of aldehydes is 2. The number of nitrogens with one attached hydrogen (secondary N) is 5. The smallest absolute Gasteiger partial charge is 0.340 e. The molecule has 0 fully saturated rings. The number of anilines is 1. The number of phenols is 2. The summed E-state index contributed by atoms with van der Waals surface area (Å²) < 4.78 is 12.1. The molecule has 0 saturated carbocycles. The van der Waals surface area contributed by atoms with Crippen LogP contribution in [-0.4, -0.2) is 148 Å². The van der Waals surface area contributed by atoms with E-state index in [4.69, 9.17) is 9.47 Å². The molecule has 1 unspecified atom stereocenters. The number of carbonyl (C=O) groups excluding carboxylic acids is 8. The quantitative estimate of drug-likeness (QED) is 0.0222. The van der Waals surface area contributed by atoms with Crippen LogP contribution in [0.15, 0.2) is 54.6 Å². The number of aromatic hydroxyl groups is 2. The Bertz CT molecular complexity index is 3230. The van der Waals surface area contributed by atoms with Gasteiger partial charge in [-0.1, -0.05) is 19.9 Å². The molecular weight excluding hydrogens is 1230 g/mol. The maximum Gasteiger partial charge on any atom is 0.340 e. The molecule has 5 rings (SSSR count). The van der Waals surface area contributed by atoms with Crippen molar-refractivity contribution in [2.24, 2.45) is 11.3 Å². The number of carboxylic acids is 6. The molecule has 510 valence electrons. The van der Waals surface area contributed by atoms with E-state index in [0.717, 1.165) is 0 Å². The fourth-order valence-corrected chi connectivity index (χ4v) is 12.4. The summed E-state index contributed by atoms with van der Waals surface area (Å²) in [6.45, 7) is 2.80. The second-order valence-electron chi connectivity index (χ2n) is 24.4. The summed E-state index contributed by atoms with van der Waals surface area (Å²) in [7, 11) is 0. The number of carboxylic acid groups (broad SMARTS) is 6. The molecule has 0 radical (unpaired) electrons. The first-order valence-corrected chi connectivity index (χ1v) is 30.7. The Morgan fingerprint density at radius 3 is 1.17 bits per heavy atom. The van der Waals surface area contributed by atoms with Gasteiger partial charge in [-0.15, -0.1) is 0 Å². The molecule has 0 bridgehead atoms. The van der Waals surface area contributed by atoms with Crippen molar-refractivity contribution >= 4 is 89.6 Å². The van der Waals surface area contributed by atoms with Crippen molar-refractivity contribution in [2.45, 2.75) is 190 Å². The topological polar surface area (TPSA) is 479 Å². The predicted molar refractivity (Wildman–Crippen MR) is 328 cm³/mol. The zero-order chi connectivity index (χ0) is 69.6. The van der Waals surface area contributed by atoms with Crippen LogP contribution < -0.4 is 31.3 Å². The number of aliphatic carboxylic acids is 6. The minimum absolute atomic E-state index is 0.0276. The highest BCUT2D eigenvalue weighted by Crippen LogP contribution is 2.57. The fraction of sp³-hybridized carbons (Fsp3) is 0.508. The van der Waals surface area contributed by atoms with Crippen LogP contribution in [0, 0.1) is 11.3 Å². The number of fused-ring (bicyclic) bond motifs is 6. The molecule has 3 aromatic carbocycles. The number of rotatable bonds is 43. The van der Waals surface area contributed by atoms with E-state index in [-0.39, 0.29) is 118 Å². The number of hydrogen-bond acceptors (Lipinski definition) is 18. The summed E-state index contributed by atoms with van der Waals surface area (Å²) >= 11 is 0. The van der Waals surface area contributed by atoms with Crippen molar-refractivity contribution in [1.29, 1.82) is 0 Å². The van der Waals surface area contributed by atoms with Gasteiger partial charge in [-0.05, 0) is 125 Å². The Kier molecular flexibility index (Phi) is 26.7. The molecule has 94 heavy (non-hydrogen) atoms. The summed E-state index contributed by atoms with van der Waals surface area (Å²) in [5, 5.41) is 92.1. The van der Waals surface area contributed by atoms with Crippen LogP contribution in [0.4, 0.5) is 5.69 Å². The van der Waals surface area contributed by atoms with Crippen molar-refractivity contribution in [3.05, 3.63) is 76.9 Å². The van der Waals surface area contributed by atoms with Crippen LogP contribution in [-0.2, 0) is 72.7 Å². The molecule has 2 heterocycles. The van der Waals surface area contributed by atoms with Crippen molar-refractivity contribution in [3.63, 3.8) is 0 Å². The second kappa shape index (κ2) is 33.6. The monoisotopic (exact) mass is 1320 g/mol. The zero-order valence-corrected chi connectivity index (χ0v) is 52.2. The second-order valence-corrected chi connectivity index (χ2v) is 24.4. The lowest BCUT2D eigenvalue weighted by molar-refractivity contribution is -0.140. The molecule has 1 atom stereocenters. The molecule has 0 aromatic heterocycles. The molecule has 0 saturated heterocycles. The van der Waals surface area contributed by atoms with Gasteiger partial charge in [-0.3, -0.25) is 52.7 Å². The molecule has 2 aliphatic heterocycles. The predicted octanol–water partition coefficient (Wildman–Crippen LogP) is 6.20. The maximum absolute atomic E-state index is 14.5. The lowest BCUT2D eigenvalue weighted by atomic mass is 9.67. The van der Waals surface area contributed by atoms with Gasteiger partial charge in [0.15, 0.2) is 5.60 Å². The van der Waals surface area contributed by atoms with Gasteiger partial charge >= 0.3 is 41.8 Å². The molecule has 1 spiro atoms. The first-order chi connectivity index (χ1) is 44.3. The third kappa shape index (κ3) is 21.0. The van der Waals surface area contributed by atoms with E-state index in [1.54, 1.807) is 13.8 Å². The highest BCUT2D eigenvalue weighted by atomic mass is 16.6. The molecule has 29 nitrogen and oxygen atoms in total. The Labute approximate surface area is 539 Å². The summed E-state index contributed by atoms with van der Waals surface area (Å²) in [6, 6.07) is 12.8. The first kappa shape index (κ1) is 74.8. The largest absolute Gasteiger partial charge is 0.508 e. The van der Waals surface area contributed by atoms with Crippen LogP contribution in [0.1, 0.15) is 195 Å². The number of esters is 1. The van der Waals surface area contributed by atoms with E-state index in [9.17, 15) is 108 Å². The van der Waals surface area contributed by atoms with Crippen LogP contribution in [0.3, 0.4) is 0 Å². The highest BCUT2D eigenvalue weighted by Gasteiger charge is 2.54. The van der Waals surface area contributed by atoms with Gasteiger partial charge in [0.1, 0.15) is 35.6 Å². The highest BCUT2D eigenvalue weighted by molar-refractivity contribution is 6.00. The van der Waals surface area contributed by atoms with Gasteiger partial charge in [-0.2, -0.15) is 0 Å². The molecule has 2 aliphatic rings. The summed E-state index contributed by atoms with van der Waals surface area (Å²) in [5.41, 5.74) is -6.27. The number of phenolic OH excluding ortho intramolecular Hbond substituents is 2. The van der Waals surface area contributed by atoms with Crippen LogP contribution in [0.2, 0.25) is 0 Å². The Balaban J connectivity index is 1.38. The molecule has 29 heteroatoms. The Morgan fingerprint density at radius 2 is 0.809 bits per heavy atom. The van der Waals surface area contributed by atoms with E-state index >= 15 is 0 Å². The van der Waals surface area contributed by atoms with Gasteiger partial charge in [0.25, 0.3) is 0 Å². The van der Waals surface area contributed by atoms with Gasteiger partial charge < -0.3 is 86.5 Å². The van der Waals surface area contributed by atoms with Crippen molar-refractivity contribution in [1.82, 2.24) is 21.3 Å². The Morgan fingerprint density at radius 1 is 0.457 bits per heavy atom. The van der Waals surface area contributed by atoms with E-state index < -0.39 is 182 Å². The van der Waals surface area contributed by atoms with Gasteiger partial charge in [0, 0.05) is 128 Å². The normalized spacial score (nSPS) is 13.5. The van der Waals surface area contributed by atoms with Crippen molar-refractivity contribution in [3.8, 4) is 23.0 Å². The number of carbonyl (C=O) groups is 14. The van der Waals surface area contributed by atoms with E-state index in [1.165, 1.54) is 54.6 Å². The standard InChI is InChI=1S/C65H81N5O24/c1-39(2)61(23-11-50(76)68-62(21-3-33-71,22-4-34-72)27-15-54(80)81,25-13-52(78)70-64(30-18-57(86)87,31-19-58(88)89)32-20-59(90)91)24-12-51(77)69-63(28-16-55(82)83,29-17-56(84)85)26-14-49(75)66-38-53(79)67-40-5-8-44-43(35-40)60(92)94-65(44)45-9-6-41(73)36-47(45)93-48-37-42(74)7-10-46(48)65/h5-10,33-37,39,73-74H,3-4,11-32,38H2,1-2H3,(H,66,75)(H,67,79)(H,68,76)(H,69,77)(H,70,78)(H,80,81)(H,82,83)(H,84,85)(H,86,87)(H,88,89)(H,90,91). The first-order valence-electron chi connectivity index (χ1n) is 30.7. The summed E-state index contributed by atoms with van der Waals surface area (Å²) in [4.78, 5) is 178. The molecular formula is C65H81N5O24. The summed E-state index contributed by atoms with van der Waals surface area (Å²) in [5.74, 6) is -12.9. The van der Waals surface area contributed by atoms with Gasteiger partial charge in [-0.25, -0.2) is 4.79 Å². The molecule has 13 N–H and O–H groups in total. The van der Waals surface area contributed by atoms with Crippen molar-refractivity contribution in [2.75, 3.05) is 11.9 Å². The van der Waals surface area contributed by atoms with E-state index in [0.29, 0.717) is 29.3 Å². The number of benzene rings is 3. The number of hydrogen-bond donors (Lipinski definition) is 13. The lowest BCUT2D eigenvalue weighted by Gasteiger charge is -2.40. The van der Waals surface area contributed by atoms with E-state index in [2.05, 4.69) is 26.6 Å². The summed E-state index contributed by atoms with van der Waals surface area (Å²) in [6.07, 6.45) is -7.03. The fourth-order valence-electron chi connectivity index (χ4n) is 12.4. The van der Waals surface area contributed by atoms with Gasteiger partial charge in [0.2, 0.25) is 29.5 Å². The van der Waals surface area contributed by atoms with Crippen LogP contribution >= 0.6 is 0 Å². The van der Waals surface area contributed by atoms with Crippen LogP contribution in [0.5, 0.6) is 23.0 Å². The number of amides is 5. The number of ether oxygens (including phenoxy) is 2. The minimum atomic E-state index is -1.70. The third-order valence-electron chi connectivity index (χ3n) is 17.7. The van der Waals surface area contributed by atoms with Crippen LogP contribution in [0.25, 0.3) is 0 Å². The molecule has 0 aliphatic carbocycles. The maximum atomic E-state index is 14.5. The van der Waals surface area contributed by atoms with Gasteiger partial charge in [0.05, 0.1) is 12.1 Å². The Hall–Kier alpha value is -9.96. The average Bonchev–Trinajstić information content (AvgIpc) is 1.45. The molecule has 5 amide bonds. The third-order valence-corrected chi connectivity index (χ3v) is 17.7. The SMILES string of the molecule is CC(C)C(CCC(=O)NC(CCC=O)(CCC=O)CCC(=O)O)(CCC(=O)NC(CCC(=O)O)(CCC(=O)O)CCC(=O)O)CCC(=O)NC(CCC(=O)O)(CCC(=O)O)CCC(=O)NCC(=O)Nc1ccc2c(c1)C(=O)OC21c2ccc(O)cc2Oc2cc(O)ccc21. The minimum Gasteiger partial charge on any atom is -0.508 e. The van der Waals surface area contributed by atoms with E-state index in [1.807, 2.05) is 0 Å². The lowest BCUT2D eigenvalue weighted by Crippen LogP contribution is -2.51. The average molecular weight is 1320 g/mol. The zero-order valence-electron chi connectivity index (χ0n) is 52.2.